The van der Waals surface area contributed by atoms with Crippen LogP contribution in [-0.4, -0.2) is 29.1 Å². The van der Waals surface area contributed by atoms with Gasteiger partial charge in [-0.05, 0) is 65.1 Å². The van der Waals surface area contributed by atoms with Crippen molar-refractivity contribution in [1.29, 1.82) is 0 Å². The highest BCUT2D eigenvalue weighted by atomic mass is 127. The lowest BCUT2D eigenvalue weighted by Crippen LogP contribution is -2.00. The summed E-state index contributed by atoms with van der Waals surface area (Å²) in [7, 11) is 0. The van der Waals surface area contributed by atoms with E-state index in [4.69, 9.17) is 9.97 Å². The quantitative estimate of drug-likeness (QED) is 0.127. The molecule has 0 N–H and O–H groups in total. The Morgan fingerprint density at radius 3 is 1.53 bits per heavy atom. The number of halogens is 1. The summed E-state index contributed by atoms with van der Waals surface area (Å²) in [6.07, 6.45) is 12.4. The van der Waals surface area contributed by atoms with Crippen molar-refractivity contribution in [2.75, 3.05) is 0 Å². The Bertz CT molecular complexity index is 2440. The smallest absolute Gasteiger partial charge is 0.137 e. The molecule has 0 amide bonds. The number of benzene rings is 3. The van der Waals surface area contributed by atoms with Crippen molar-refractivity contribution in [3.8, 4) is 11.6 Å². The van der Waals surface area contributed by atoms with Gasteiger partial charge in [0.15, 0.2) is 0 Å². The van der Waals surface area contributed by atoms with Crippen LogP contribution in [0, 0.1) is 0 Å². The molecule has 47 heavy (non-hydrogen) atoms. The van der Waals surface area contributed by atoms with E-state index in [1.807, 2.05) is 37.2 Å². The fourth-order valence-corrected chi connectivity index (χ4v) is 7.47. The first-order chi connectivity index (χ1) is 23.2. The molecule has 0 aliphatic rings. The lowest BCUT2D eigenvalue weighted by molar-refractivity contribution is 1.04. The van der Waals surface area contributed by atoms with Crippen molar-refractivity contribution in [2.24, 2.45) is 0 Å². The molecule has 6 nitrogen and oxygen atoms in total. The first-order valence-electron chi connectivity index (χ1n) is 15.5. The number of rotatable bonds is 6. The maximum absolute atomic E-state index is 4.93. The van der Waals surface area contributed by atoms with Crippen molar-refractivity contribution in [2.45, 2.75) is 10.3 Å². The van der Waals surface area contributed by atoms with Crippen molar-refractivity contribution in [3.05, 3.63) is 169 Å². The molecule has 224 valence electrons. The van der Waals surface area contributed by atoms with Crippen molar-refractivity contribution >= 4 is 66.2 Å². The van der Waals surface area contributed by atoms with E-state index in [0.717, 1.165) is 50.9 Å². The van der Waals surface area contributed by atoms with Gasteiger partial charge in [0.1, 0.15) is 11.6 Å². The minimum atomic E-state index is 0.188. The van der Waals surface area contributed by atoms with Crippen LogP contribution < -0.4 is 0 Å². The summed E-state index contributed by atoms with van der Waals surface area (Å²) in [5.41, 5.74) is 9.34. The van der Waals surface area contributed by atoms with Crippen LogP contribution in [0.1, 0.15) is 26.2 Å². The molecule has 1 unspecified atom stereocenters. The largest absolute Gasteiger partial charge is 0.294 e. The van der Waals surface area contributed by atoms with Gasteiger partial charge in [-0.1, -0.05) is 95.4 Å². The van der Waals surface area contributed by atoms with Gasteiger partial charge in [0.05, 0.1) is 26.0 Å². The lowest BCUT2D eigenvalue weighted by Gasteiger charge is -2.13. The highest BCUT2D eigenvalue weighted by Gasteiger charge is 2.16. The van der Waals surface area contributed by atoms with Crippen LogP contribution in [0.4, 0.5) is 0 Å². The summed E-state index contributed by atoms with van der Waals surface area (Å²) in [5.74, 6) is 1.81. The average Bonchev–Trinajstić information content (AvgIpc) is 3.65. The Labute approximate surface area is 284 Å². The molecule has 1 atom stereocenters. The number of nitrogens with zero attached hydrogens (tertiary/aromatic N) is 6. The Kier molecular flexibility index (Phi) is 6.78. The van der Waals surface area contributed by atoms with E-state index in [2.05, 4.69) is 151 Å². The number of fused-ring (bicyclic) bond motifs is 6. The van der Waals surface area contributed by atoms with Crippen molar-refractivity contribution < 1.29 is 0 Å². The zero-order valence-electron chi connectivity index (χ0n) is 25.2. The third-order valence-corrected chi connectivity index (χ3v) is 10.4. The molecule has 0 aliphatic heterocycles. The van der Waals surface area contributed by atoms with E-state index in [1.54, 1.807) is 0 Å². The highest BCUT2D eigenvalue weighted by Crippen LogP contribution is 2.34. The molecule has 7 heteroatoms. The van der Waals surface area contributed by atoms with Gasteiger partial charge in [-0.15, -0.1) is 0 Å². The molecule has 6 aromatic heterocycles. The second-order valence-electron chi connectivity index (χ2n) is 11.7. The van der Waals surface area contributed by atoms with Crippen LogP contribution in [-0.2, 0) is 6.42 Å². The first kappa shape index (κ1) is 27.9. The fourth-order valence-electron chi connectivity index (χ4n) is 6.69. The molecule has 9 aromatic rings. The number of para-hydroxylation sites is 2. The standard InChI is InChI=1S/C40H27IN6/c41-40(29-14-16-39(45-23-29)47-35-8-4-2-6-31(35)33-25-43-20-18-37(33)47)28-12-9-26(10-13-28)21-27-11-15-38(44-22-27)46-34-7-3-1-5-30(34)32-24-42-19-17-36(32)46/h1-20,22-25,40H,21H2. The van der Waals surface area contributed by atoms with Gasteiger partial charge in [0.2, 0.25) is 0 Å². The summed E-state index contributed by atoms with van der Waals surface area (Å²) in [6, 6.07) is 38.5. The third-order valence-electron chi connectivity index (χ3n) is 8.96. The minimum absolute atomic E-state index is 0.188. The van der Waals surface area contributed by atoms with E-state index >= 15 is 0 Å². The molecule has 0 aliphatic carbocycles. The van der Waals surface area contributed by atoms with Gasteiger partial charge in [-0.2, -0.15) is 0 Å². The number of hydrogen-bond donors (Lipinski definition) is 0. The van der Waals surface area contributed by atoms with E-state index in [1.165, 1.54) is 33.0 Å². The summed E-state index contributed by atoms with van der Waals surface area (Å²) < 4.78 is 4.62. The third kappa shape index (κ3) is 4.77. The Balaban J connectivity index is 0.939. The molecule has 0 radical (unpaired) electrons. The second-order valence-corrected chi connectivity index (χ2v) is 13.0. The lowest BCUT2D eigenvalue weighted by atomic mass is 10.0. The molecule has 0 saturated heterocycles. The Morgan fingerprint density at radius 1 is 0.468 bits per heavy atom. The predicted molar refractivity (Wildman–Crippen MR) is 198 cm³/mol. The molecule has 9 rings (SSSR count). The number of hydrogen-bond acceptors (Lipinski definition) is 4. The molecular weight excluding hydrogens is 691 g/mol. The number of pyridine rings is 4. The average molecular weight is 719 g/mol. The molecule has 3 aromatic carbocycles. The van der Waals surface area contributed by atoms with E-state index < -0.39 is 0 Å². The van der Waals surface area contributed by atoms with Crippen LogP contribution in [0.2, 0.25) is 0 Å². The van der Waals surface area contributed by atoms with Crippen molar-refractivity contribution in [3.63, 3.8) is 0 Å². The van der Waals surface area contributed by atoms with Crippen LogP contribution in [0.3, 0.4) is 0 Å². The summed E-state index contributed by atoms with van der Waals surface area (Å²) in [5, 5.41) is 4.63. The van der Waals surface area contributed by atoms with Gasteiger partial charge >= 0.3 is 0 Å². The van der Waals surface area contributed by atoms with Gasteiger partial charge in [0, 0.05) is 58.7 Å². The van der Waals surface area contributed by atoms with Crippen LogP contribution in [0.5, 0.6) is 0 Å². The van der Waals surface area contributed by atoms with E-state index in [9.17, 15) is 0 Å². The maximum atomic E-state index is 4.93. The van der Waals surface area contributed by atoms with Crippen LogP contribution in [0.15, 0.2) is 146 Å². The first-order valence-corrected chi connectivity index (χ1v) is 16.8. The monoisotopic (exact) mass is 718 g/mol. The van der Waals surface area contributed by atoms with Crippen molar-refractivity contribution in [1.82, 2.24) is 29.1 Å². The number of aromatic nitrogens is 6. The van der Waals surface area contributed by atoms with E-state index in [-0.39, 0.29) is 3.92 Å². The minimum Gasteiger partial charge on any atom is -0.294 e. The molecular formula is C40H27IN6. The fraction of sp³-hybridized carbons (Fsp3) is 0.0500. The molecule has 6 heterocycles. The molecule has 0 spiro atoms. The van der Waals surface area contributed by atoms with Gasteiger partial charge in [-0.3, -0.25) is 19.1 Å². The zero-order valence-corrected chi connectivity index (χ0v) is 27.4. The van der Waals surface area contributed by atoms with Crippen LogP contribution >= 0.6 is 22.6 Å². The zero-order chi connectivity index (χ0) is 31.3. The summed E-state index contributed by atoms with van der Waals surface area (Å²) >= 11 is 2.51. The predicted octanol–water partition coefficient (Wildman–Crippen LogP) is 9.58. The SMILES string of the molecule is IC(c1ccc(Cc2ccc(-n3c4ccccc4c4cnccc43)nc2)cc1)c1ccc(-n2c3ccccc3c3cnccc32)nc1. The van der Waals surface area contributed by atoms with Gasteiger partial charge in [-0.25, -0.2) is 9.97 Å². The highest BCUT2D eigenvalue weighted by molar-refractivity contribution is 14.1. The molecule has 0 saturated carbocycles. The number of alkyl halides is 1. The normalized spacial score (nSPS) is 12.4. The Hall–Kier alpha value is -5.41. The van der Waals surface area contributed by atoms with Crippen LogP contribution in [0.25, 0.3) is 55.2 Å². The second kappa shape index (κ2) is 11.4. The van der Waals surface area contributed by atoms with Gasteiger partial charge < -0.3 is 0 Å². The Morgan fingerprint density at radius 2 is 0.979 bits per heavy atom. The summed E-state index contributed by atoms with van der Waals surface area (Å²) in [4.78, 5) is 18.5. The van der Waals surface area contributed by atoms with Gasteiger partial charge in [0.25, 0.3) is 0 Å². The maximum Gasteiger partial charge on any atom is 0.137 e. The molecule has 0 fully saturated rings. The topological polar surface area (TPSA) is 61.4 Å². The molecule has 0 bridgehead atoms. The summed E-state index contributed by atoms with van der Waals surface area (Å²) in [6.45, 7) is 0. The van der Waals surface area contributed by atoms with E-state index in [0.29, 0.717) is 0 Å².